The van der Waals surface area contributed by atoms with E-state index in [1.165, 1.54) is 0 Å². The molecule has 0 aliphatic rings. The summed E-state index contributed by atoms with van der Waals surface area (Å²) in [6, 6.07) is 7.14. The number of hydrogen-bond donors (Lipinski definition) is 1. The molecule has 1 aromatic rings. The summed E-state index contributed by atoms with van der Waals surface area (Å²) in [5.74, 6) is 0.772. The summed E-state index contributed by atoms with van der Waals surface area (Å²) < 4.78 is 5.49. The molecule has 0 bridgehead atoms. The Labute approximate surface area is 138 Å². The van der Waals surface area contributed by atoms with Crippen molar-refractivity contribution in [3.8, 4) is 5.75 Å². The summed E-state index contributed by atoms with van der Waals surface area (Å²) in [4.78, 5) is 14.1. The number of carbonyl (C=O) groups is 1. The molecule has 22 heavy (non-hydrogen) atoms. The first-order chi connectivity index (χ1) is 10.7. The van der Waals surface area contributed by atoms with Crippen molar-refractivity contribution in [2.75, 3.05) is 32.8 Å². The number of benzene rings is 1. The number of halogens is 1. The normalized spacial score (nSPS) is 10.7. The van der Waals surface area contributed by atoms with E-state index in [9.17, 15) is 4.79 Å². The van der Waals surface area contributed by atoms with Gasteiger partial charge in [-0.25, -0.2) is 0 Å². The van der Waals surface area contributed by atoms with Gasteiger partial charge in [-0.2, -0.15) is 0 Å². The molecule has 1 N–H and O–H groups in total. The molecule has 0 radical (unpaired) electrons. The van der Waals surface area contributed by atoms with Gasteiger partial charge in [0, 0.05) is 11.6 Å². The number of nitrogens with one attached hydrogen (secondary N) is 1. The summed E-state index contributed by atoms with van der Waals surface area (Å²) in [7, 11) is 0. The third-order valence-electron chi connectivity index (χ3n) is 3.53. The fourth-order valence-electron chi connectivity index (χ4n) is 2.11. The van der Waals surface area contributed by atoms with E-state index < -0.39 is 0 Å². The smallest absolute Gasteiger partial charge is 0.223 e. The zero-order chi connectivity index (χ0) is 16.2. The Morgan fingerprint density at radius 2 is 1.86 bits per heavy atom. The van der Waals surface area contributed by atoms with E-state index in [1.807, 2.05) is 0 Å². The fraction of sp³-hybridized carbons (Fsp3) is 0.588. The first kappa shape index (κ1) is 18.8. The highest BCUT2D eigenvalue weighted by molar-refractivity contribution is 6.30. The van der Waals surface area contributed by atoms with Gasteiger partial charge in [-0.1, -0.05) is 25.4 Å². The average molecular weight is 327 g/mol. The van der Waals surface area contributed by atoms with Gasteiger partial charge < -0.3 is 15.0 Å². The number of rotatable bonds is 11. The molecular formula is C17H27ClN2O2. The van der Waals surface area contributed by atoms with Crippen molar-refractivity contribution in [1.82, 2.24) is 10.2 Å². The molecule has 0 aliphatic carbocycles. The predicted molar refractivity (Wildman–Crippen MR) is 91.6 cm³/mol. The summed E-state index contributed by atoms with van der Waals surface area (Å²) >= 11 is 5.79. The van der Waals surface area contributed by atoms with Crippen LogP contribution in [0.5, 0.6) is 5.75 Å². The molecule has 5 heteroatoms. The Morgan fingerprint density at radius 1 is 1.18 bits per heavy atom. The fourth-order valence-corrected chi connectivity index (χ4v) is 2.23. The molecule has 0 spiro atoms. The lowest BCUT2D eigenvalue weighted by Crippen LogP contribution is -2.28. The lowest BCUT2D eigenvalue weighted by atomic mass is 10.3. The van der Waals surface area contributed by atoms with Crippen LogP contribution in [-0.4, -0.2) is 43.6 Å². The lowest BCUT2D eigenvalue weighted by molar-refractivity contribution is -0.121. The van der Waals surface area contributed by atoms with Crippen LogP contribution in [0.4, 0.5) is 0 Å². The highest BCUT2D eigenvalue weighted by Gasteiger charge is 2.02. The maximum atomic E-state index is 11.7. The third-order valence-corrected chi connectivity index (χ3v) is 3.78. The second-order valence-electron chi connectivity index (χ2n) is 5.14. The third kappa shape index (κ3) is 8.25. The van der Waals surface area contributed by atoms with Gasteiger partial charge in [-0.05, 0) is 56.7 Å². The van der Waals surface area contributed by atoms with Crippen LogP contribution in [0.2, 0.25) is 5.02 Å². The van der Waals surface area contributed by atoms with Crippen LogP contribution in [0, 0.1) is 0 Å². The second-order valence-corrected chi connectivity index (χ2v) is 5.57. The van der Waals surface area contributed by atoms with E-state index in [0.717, 1.165) is 44.8 Å². The highest BCUT2D eigenvalue weighted by Crippen LogP contribution is 2.15. The molecule has 0 fully saturated rings. The summed E-state index contributed by atoms with van der Waals surface area (Å²) in [5.41, 5.74) is 0. The van der Waals surface area contributed by atoms with Crippen LogP contribution in [-0.2, 0) is 4.79 Å². The molecule has 0 aromatic heterocycles. The molecule has 0 unspecified atom stereocenters. The molecule has 1 rings (SSSR count). The molecule has 124 valence electrons. The van der Waals surface area contributed by atoms with Crippen LogP contribution in [0.1, 0.15) is 33.1 Å². The van der Waals surface area contributed by atoms with Crippen LogP contribution < -0.4 is 10.1 Å². The van der Waals surface area contributed by atoms with Crippen molar-refractivity contribution in [3.05, 3.63) is 29.3 Å². The maximum absolute atomic E-state index is 11.7. The Hall–Kier alpha value is -1.26. The molecule has 1 amide bonds. The zero-order valence-electron chi connectivity index (χ0n) is 13.6. The average Bonchev–Trinajstić information content (AvgIpc) is 2.53. The largest absolute Gasteiger partial charge is 0.493 e. The number of ether oxygens (including phenoxy) is 1. The molecule has 0 heterocycles. The van der Waals surface area contributed by atoms with Gasteiger partial charge in [-0.3, -0.25) is 4.79 Å². The van der Waals surface area contributed by atoms with Crippen molar-refractivity contribution in [2.45, 2.75) is 33.1 Å². The van der Waals surface area contributed by atoms with Gasteiger partial charge >= 0.3 is 0 Å². The maximum Gasteiger partial charge on any atom is 0.223 e. The second kappa shape index (κ2) is 11.3. The Morgan fingerprint density at radius 3 is 2.50 bits per heavy atom. The van der Waals surface area contributed by atoms with Crippen molar-refractivity contribution < 1.29 is 9.53 Å². The zero-order valence-corrected chi connectivity index (χ0v) is 14.4. The van der Waals surface area contributed by atoms with E-state index in [0.29, 0.717) is 18.1 Å². The molecular weight excluding hydrogens is 300 g/mol. The lowest BCUT2D eigenvalue weighted by Gasteiger charge is -2.17. The Kier molecular flexibility index (Phi) is 9.67. The summed E-state index contributed by atoms with van der Waals surface area (Å²) in [6.45, 7) is 8.74. The first-order valence-corrected chi connectivity index (χ1v) is 8.41. The van der Waals surface area contributed by atoms with Crippen molar-refractivity contribution in [1.29, 1.82) is 0 Å². The number of unbranched alkanes of at least 4 members (excludes halogenated alkanes) is 1. The highest BCUT2D eigenvalue weighted by atomic mass is 35.5. The van der Waals surface area contributed by atoms with Crippen molar-refractivity contribution in [2.24, 2.45) is 0 Å². The Balaban J connectivity index is 2.03. The quantitative estimate of drug-likeness (QED) is 0.634. The SMILES string of the molecule is CCN(CC)CCCCNC(=O)CCOc1ccc(Cl)cc1. The first-order valence-electron chi connectivity index (χ1n) is 8.03. The van der Waals surface area contributed by atoms with Gasteiger partial charge in [0.05, 0.1) is 13.0 Å². The van der Waals surface area contributed by atoms with Crippen molar-refractivity contribution in [3.63, 3.8) is 0 Å². The van der Waals surface area contributed by atoms with E-state index in [2.05, 4.69) is 24.1 Å². The van der Waals surface area contributed by atoms with E-state index in [4.69, 9.17) is 16.3 Å². The number of amides is 1. The standard InChI is InChI=1S/C17H27ClN2O2/c1-3-20(4-2)13-6-5-12-19-17(21)11-14-22-16-9-7-15(18)8-10-16/h7-10H,3-6,11-14H2,1-2H3,(H,19,21). The van der Waals surface area contributed by atoms with Crippen LogP contribution in [0.25, 0.3) is 0 Å². The summed E-state index contributed by atoms with van der Waals surface area (Å²) in [6.07, 6.45) is 2.50. The number of carbonyl (C=O) groups excluding carboxylic acids is 1. The van der Waals surface area contributed by atoms with Gasteiger partial charge in [0.1, 0.15) is 5.75 Å². The van der Waals surface area contributed by atoms with Crippen LogP contribution >= 0.6 is 11.6 Å². The van der Waals surface area contributed by atoms with Crippen LogP contribution in [0.15, 0.2) is 24.3 Å². The van der Waals surface area contributed by atoms with E-state index >= 15 is 0 Å². The molecule has 0 saturated heterocycles. The van der Waals surface area contributed by atoms with Crippen molar-refractivity contribution >= 4 is 17.5 Å². The minimum absolute atomic E-state index is 0.0387. The number of nitrogens with zero attached hydrogens (tertiary/aromatic N) is 1. The summed E-state index contributed by atoms with van der Waals surface area (Å²) in [5, 5.41) is 3.60. The minimum atomic E-state index is 0.0387. The predicted octanol–water partition coefficient (Wildman–Crippen LogP) is 3.35. The van der Waals surface area contributed by atoms with Crippen LogP contribution in [0.3, 0.4) is 0 Å². The van der Waals surface area contributed by atoms with E-state index in [-0.39, 0.29) is 5.91 Å². The Bertz CT molecular complexity index is 419. The molecule has 1 aromatic carbocycles. The molecule has 4 nitrogen and oxygen atoms in total. The van der Waals surface area contributed by atoms with Gasteiger partial charge in [0.15, 0.2) is 0 Å². The molecule has 0 saturated carbocycles. The molecule has 0 atom stereocenters. The minimum Gasteiger partial charge on any atom is -0.493 e. The van der Waals surface area contributed by atoms with Gasteiger partial charge in [-0.15, -0.1) is 0 Å². The number of hydrogen-bond acceptors (Lipinski definition) is 3. The van der Waals surface area contributed by atoms with Gasteiger partial charge in [0.2, 0.25) is 5.91 Å². The topological polar surface area (TPSA) is 41.6 Å². The molecule has 0 aliphatic heterocycles. The van der Waals surface area contributed by atoms with E-state index in [1.54, 1.807) is 24.3 Å². The van der Waals surface area contributed by atoms with Gasteiger partial charge in [0.25, 0.3) is 0 Å². The monoisotopic (exact) mass is 326 g/mol.